The lowest BCUT2D eigenvalue weighted by molar-refractivity contribution is -0.144. The number of dihydropyridines is 1. The maximum atomic E-state index is 14.0. The molecule has 2 aliphatic carbocycles. The van der Waals surface area contributed by atoms with Crippen molar-refractivity contribution in [2.75, 3.05) is 20.8 Å². The number of methoxy groups -OCH3 is 2. The third-order valence-electron chi connectivity index (χ3n) is 8.03. The average molecular weight is 532 g/mol. The molecule has 2 aromatic rings. The number of ether oxygens (including phenoxy) is 4. The van der Waals surface area contributed by atoms with E-state index in [-0.39, 0.29) is 23.8 Å². The molecule has 2 aromatic carbocycles. The first-order valence-corrected chi connectivity index (χ1v) is 13.8. The Labute approximate surface area is 230 Å². The summed E-state index contributed by atoms with van der Waals surface area (Å²) in [5, 5.41) is 3.45. The van der Waals surface area contributed by atoms with E-state index in [2.05, 4.69) is 5.32 Å². The number of carbonyl (C=O) groups is 2. The molecule has 0 saturated heterocycles. The Hall–Kier alpha value is -3.74. The fourth-order valence-corrected chi connectivity index (χ4v) is 6.19. The van der Waals surface area contributed by atoms with Crippen molar-refractivity contribution in [3.05, 3.63) is 76.1 Å². The Kier molecular flexibility index (Phi) is 7.96. The molecule has 1 heterocycles. The van der Waals surface area contributed by atoms with Crippen LogP contribution in [0.5, 0.6) is 17.2 Å². The number of nitrogens with one attached hydrogen (secondary N) is 1. The lowest BCUT2D eigenvalue weighted by Crippen LogP contribution is -2.36. The van der Waals surface area contributed by atoms with Crippen LogP contribution in [0.15, 0.2) is 65.0 Å². The van der Waals surface area contributed by atoms with Crippen LogP contribution in [0.4, 0.5) is 0 Å². The van der Waals surface area contributed by atoms with Crippen LogP contribution < -0.4 is 19.5 Å². The van der Waals surface area contributed by atoms with Gasteiger partial charge in [0.2, 0.25) is 0 Å². The zero-order valence-corrected chi connectivity index (χ0v) is 23.2. The van der Waals surface area contributed by atoms with Gasteiger partial charge in [-0.15, -0.1) is 0 Å². The summed E-state index contributed by atoms with van der Waals surface area (Å²) in [4.78, 5) is 27.7. The molecule has 2 atom stereocenters. The molecule has 0 bridgehead atoms. The van der Waals surface area contributed by atoms with Crippen molar-refractivity contribution in [3.63, 3.8) is 0 Å². The highest BCUT2D eigenvalue weighted by molar-refractivity contribution is 6.04. The van der Waals surface area contributed by atoms with Crippen LogP contribution in [0.25, 0.3) is 0 Å². The van der Waals surface area contributed by atoms with Crippen LogP contribution in [0.1, 0.15) is 75.3 Å². The van der Waals surface area contributed by atoms with Gasteiger partial charge in [0.05, 0.1) is 32.3 Å². The predicted molar refractivity (Wildman–Crippen MR) is 148 cm³/mol. The molecular weight excluding hydrogens is 494 g/mol. The molecule has 0 radical (unpaired) electrons. The van der Waals surface area contributed by atoms with Crippen LogP contribution in [0.3, 0.4) is 0 Å². The van der Waals surface area contributed by atoms with Crippen LogP contribution in [-0.2, 0) is 14.3 Å². The molecular formula is C32H37NO6. The molecule has 0 spiro atoms. The quantitative estimate of drug-likeness (QED) is 0.422. The third kappa shape index (κ3) is 5.27. The van der Waals surface area contributed by atoms with Crippen LogP contribution in [-0.4, -0.2) is 38.7 Å². The highest BCUT2D eigenvalue weighted by atomic mass is 16.5. The third-order valence-corrected chi connectivity index (χ3v) is 8.03. The minimum atomic E-state index is -0.559. The molecule has 1 N–H and O–H groups in total. The molecule has 0 aromatic heterocycles. The summed E-state index contributed by atoms with van der Waals surface area (Å²) in [5.41, 5.74) is 4.50. The summed E-state index contributed by atoms with van der Waals surface area (Å²) < 4.78 is 22.9. The second-order valence-corrected chi connectivity index (χ2v) is 10.4. The molecule has 2 unspecified atom stereocenters. The predicted octanol–water partition coefficient (Wildman–Crippen LogP) is 5.95. The fourth-order valence-electron chi connectivity index (χ4n) is 6.19. The van der Waals surface area contributed by atoms with Crippen molar-refractivity contribution >= 4 is 11.8 Å². The van der Waals surface area contributed by atoms with Gasteiger partial charge in [0.25, 0.3) is 0 Å². The van der Waals surface area contributed by atoms with Gasteiger partial charge in [-0.25, -0.2) is 4.79 Å². The van der Waals surface area contributed by atoms with Crippen LogP contribution >= 0.6 is 0 Å². The molecule has 39 heavy (non-hydrogen) atoms. The van der Waals surface area contributed by atoms with E-state index < -0.39 is 5.92 Å². The summed E-state index contributed by atoms with van der Waals surface area (Å²) in [6.45, 7) is 4.31. The number of benzene rings is 2. The fraction of sp³-hybridized carbons (Fsp3) is 0.438. The van der Waals surface area contributed by atoms with Gasteiger partial charge in [-0.1, -0.05) is 24.3 Å². The zero-order valence-electron chi connectivity index (χ0n) is 23.2. The number of hydrogen-bond acceptors (Lipinski definition) is 7. The number of rotatable bonds is 8. The van der Waals surface area contributed by atoms with Gasteiger partial charge < -0.3 is 24.3 Å². The Morgan fingerprint density at radius 2 is 1.72 bits per heavy atom. The number of esters is 1. The monoisotopic (exact) mass is 531 g/mol. The average Bonchev–Trinajstić information content (AvgIpc) is 3.45. The summed E-state index contributed by atoms with van der Waals surface area (Å²) >= 11 is 0. The van der Waals surface area contributed by atoms with Crippen molar-refractivity contribution in [2.45, 2.75) is 70.3 Å². The van der Waals surface area contributed by atoms with E-state index >= 15 is 0 Å². The van der Waals surface area contributed by atoms with Crippen LogP contribution in [0, 0.1) is 0 Å². The van der Waals surface area contributed by atoms with E-state index in [0.717, 1.165) is 42.5 Å². The smallest absolute Gasteiger partial charge is 0.337 e. The Morgan fingerprint density at radius 3 is 2.44 bits per heavy atom. The van der Waals surface area contributed by atoms with Crippen molar-refractivity contribution < 1.29 is 28.5 Å². The first-order valence-electron chi connectivity index (χ1n) is 13.8. The van der Waals surface area contributed by atoms with Gasteiger partial charge in [0.1, 0.15) is 11.9 Å². The van der Waals surface area contributed by atoms with E-state index in [4.69, 9.17) is 18.9 Å². The van der Waals surface area contributed by atoms with E-state index in [1.165, 1.54) is 0 Å². The minimum absolute atomic E-state index is 0.0125. The number of para-hydroxylation sites is 1. The topological polar surface area (TPSA) is 83.1 Å². The van der Waals surface area contributed by atoms with E-state index in [9.17, 15) is 9.59 Å². The highest BCUT2D eigenvalue weighted by Crippen LogP contribution is 2.48. The summed E-state index contributed by atoms with van der Waals surface area (Å²) in [7, 11) is 3.22. The van der Waals surface area contributed by atoms with E-state index in [1.54, 1.807) is 14.2 Å². The van der Waals surface area contributed by atoms with E-state index in [1.807, 2.05) is 56.3 Å². The molecule has 3 aliphatic rings. The summed E-state index contributed by atoms with van der Waals surface area (Å²) in [5.74, 6) is 1.02. The van der Waals surface area contributed by atoms with Gasteiger partial charge in [0, 0.05) is 29.0 Å². The SMILES string of the molecule is CCOc1ccccc1C1C(C(=O)OC2CCCC2)=C(C)NC2=C1C(=O)CC(c1ccc(OC)c(OC)c1)C2. The Morgan fingerprint density at radius 1 is 0.974 bits per heavy atom. The Balaban J connectivity index is 1.56. The molecule has 206 valence electrons. The van der Waals surface area contributed by atoms with Crippen molar-refractivity contribution in [3.8, 4) is 17.2 Å². The molecule has 0 amide bonds. The normalized spacial score (nSPS) is 21.4. The molecule has 7 heteroatoms. The van der Waals surface area contributed by atoms with Crippen molar-refractivity contribution in [1.82, 2.24) is 5.32 Å². The first kappa shape index (κ1) is 26.9. The maximum absolute atomic E-state index is 14.0. The van der Waals surface area contributed by atoms with E-state index in [0.29, 0.717) is 53.5 Å². The number of Topliss-reactive ketones (excluding diaryl/α,β-unsaturated/α-hetero) is 1. The number of allylic oxidation sites excluding steroid dienone is 3. The van der Waals surface area contributed by atoms with Gasteiger partial charge in [0.15, 0.2) is 17.3 Å². The second-order valence-electron chi connectivity index (χ2n) is 10.4. The van der Waals surface area contributed by atoms with Gasteiger partial charge in [-0.2, -0.15) is 0 Å². The largest absolute Gasteiger partial charge is 0.494 e. The number of ketones is 1. The number of carbonyl (C=O) groups excluding carboxylic acids is 2. The van der Waals surface area contributed by atoms with Crippen LogP contribution in [0.2, 0.25) is 0 Å². The molecule has 1 saturated carbocycles. The van der Waals surface area contributed by atoms with Crippen molar-refractivity contribution in [2.24, 2.45) is 0 Å². The minimum Gasteiger partial charge on any atom is -0.494 e. The maximum Gasteiger partial charge on any atom is 0.337 e. The van der Waals surface area contributed by atoms with Gasteiger partial charge in [-0.3, -0.25) is 4.79 Å². The molecule has 5 rings (SSSR count). The standard InChI is InChI=1S/C32H37NO6/c1-5-38-26-13-9-8-12-23(26)30-29(32(35)39-22-10-6-7-11-22)19(2)33-24-16-21(17-25(34)31(24)30)20-14-15-27(36-3)28(18-20)37-4/h8-9,12-15,18,21-22,30,33H,5-7,10-11,16-17H2,1-4H3. The van der Waals surface area contributed by atoms with Gasteiger partial charge in [-0.05, 0) is 75.6 Å². The highest BCUT2D eigenvalue weighted by Gasteiger charge is 2.43. The summed E-state index contributed by atoms with van der Waals surface area (Å²) in [6.07, 6.45) is 4.77. The Bertz CT molecular complexity index is 1320. The second kappa shape index (κ2) is 11.6. The zero-order chi connectivity index (χ0) is 27.5. The summed E-state index contributed by atoms with van der Waals surface area (Å²) in [6, 6.07) is 13.5. The number of hydrogen-bond donors (Lipinski definition) is 1. The lowest BCUT2D eigenvalue weighted by Gasteiger charge is -2.37. The first-order chi connectivity index (χ1) is 18.9. The molecule has 1 fully saturated rings. The van der Waals surface area contributed by atoms with Crippen molar-refractivity contribution in [1.29, 1.82) is 0 Å². The van der Waals surface area contributed by atoms with Gasteiger partial charge >= 0.3 is 5.97 Å². The molecule has 7 nitrogen and oxygen atoms in total. The molecule has 1 aliphatic heterocycles. The lowest BCUT2D eigenvalue weighted by atomic mass is 9.71.